The summed E-state index contributed by atoms with van der Waals surface area (Å²) in [4.78, 5) is 31.4. The quantitative estimate of drug-likeness (QED) is 0.670. The van der Waals surface area contributed by atoms with E-state index in [4.69, 9.17) is 4.74 Å². The predicted octanol–water partition coefficient (Wildman–Crippen LogP) is 2.93. The summed E-state index contributed by atoms with van der Waals surface area (Å²) in [5, 5.41) is 2.99. The number of carbonyl (C=O) groups is 1. The third-order valence-corrected chi connectivity index (χ3v) is 4.83. The van der Waals surface area contributed by atoms with Crippen LogP contribution in [0.4, 0.5) is 16.3 Å². The molecule has 1 aromatic carbocycles. The number of hydrogen-bond donors (Lipinski definition) is 1. The Morgan fingerprint density at radius 3 is 2.67 bits per heavy atom. The molecule has 9 heteroatoms. The summed E-state index contributed by atoms with van der Waals surface area (Å²) in [5.41, 5.74) is 0.861. The number of rotatable bonds is 6. The molecule has 1 fully saturated rings. The molecule has 1 unspecified atom stereocenters. The maximum Gasteiger partial charge on any atom is 0.260 e. The molecule has 0 bridgehead atoms. The Morgan fingerprint density at radius 1 is 1.10 bits per heavy atom. The molecule has 3 heterocycles. The highest BCUT2D eigenvalue weighted by atomic mass is 19.1. The van der Waals surface area contributed by atoms with Gasteiger partial charge in [-0.05, 0) is 49.2 Å². The van der Waals surface area contributed by atoms with Crippen molar-refractivity contribution in [3.05, 3.63) is 66.5 Å². The highest BCUT2D eigenvalue weighted by Gasteiger charge is 2.26. The molecule has 0 spiro atoms. The van der Waals surface area contributed by atoms with Gasteiger partial charge in [0.2, 0.25) is 11.9 Å². The van der Waals surface area contributed by atoms with Crippen LogP contribution >= 0.6 is 0 Å². The van der Waals surface area contributed by atoms with Gasteiger partial charge in [-0.15, -0.1) is 0 Å². The van der Waals surface area contributed by atoms with Gasteiger partial charge >= 0.3 is 0 Å². The zero-order chi connectivity index (χ0) is 20.8. The number of anilines is 2. The van der Waals surface area contributed by atoms with E-state index in [0.717, 1.165) is 18.5 Å². The SMILES string of the molecule is O=C(COc1ccc(F)cc1)N1CCCC(c2ccnc(Nc3ncccn3)n2)C1. The number of amides is 1. The fraction of sp³-hybridized carbons (Fsp3) is 0.286. The van der Waals surface area contributed by atoms with Gasteiger partial charge in [0.1, 0.15) is 11.6 Å². The van der Waals surface area contributed by atoms with Crippen LogP contribution in [0.2, 0.25) is 0 Å². The number of nitrogens with one attached hydrogen (secondary N) is 1. The summed E-state index contributed by atoms with van der Waals surface area (Å²) in [6.07, 6.45) is 6.77. The Balaban J connectivity index is 1.36. The minimum absolute atomic E-state index is 0.0831. The lowest BCUT2D eigenvalue weighted by Gasteiger charge is -2.32. The van der Waals surface area contributed by atoms with Gasteiger partial charge in [0.05, 0.1) is 5.69 Å². The van der Waals surface area contributed by atoms with Gasteiger partial charge in [-0.1, -0.05) is 0 Å². The van der Waals surface area contributed by atoms with Gasteiger partial charge < -0.3 is 9.64 Å². The van der Waals surface area contributed by atoms with Gasteiger partial charge in [-0.3, -0.25) is 10.1 Å². The first-order chi connectivity index (χ1) is 14.7. The van der Waals surface area contributed by atoms with E-state index in [1.807, 2.05) is 6.07 Å². The molecule has 1 amide bonds. The second-order valence-electron chi connectivity index (χ2n) is 6.92. The smallest absolute Gasteiger partial charge is 0.260 e. The van der Waals surface area contributed by atoms with Crippen molar-refractivity contribution in [3.8, 4) is 5.75 Å². The van der Waals surface area contributed by atoms with E-state index in [-0.39, 0.29) is 24.2 Å². The number of hydrogen-bond acceptors (Lipinski definition) is 7. The van der Waals surface area contributed by atoms with Crippen LogP contribution < -0.4 is 10.1 Å². The highest BCUT2D eigenvalue weighted by Crippen LogP contribution is 2.26. The molecule has 0 saturated carbocycles. The van der Waals surface area contributed by atoms with Crippen molar-refractivity contribution < 1.29 is 13.9 Å². The van der Waals surface area contributed by atoms with Gasteiger partial charge in [-0.2, -0.15) is 0 Å². The normalized spacial score (nSPS) is 16.2. The van der Waals surface area contributed by atoms with Crippen molar-refractivity contribution in [2.45, 2.75) is 18.8 Å². The fourth-order valence-electron chi connectivity index (χ4n) is 3.34. The molecule has 8 nitrogen and oxygen atoms in total. The Morgan fingerprint density at radius 2 is 1.87 bits per heavy atom. The van der Waals surface area contributed by atoms with Gasteiger partial charge in [0, 0.05) is 37.6 Å². The van der Waals surface area contributed by atoms with E-state index in [2.05, 4.69) is 25.3 Å². The number of nitrogens with zero attached hydrogens (tertiary/aromatic N) is 5. The molecule has 154 valence electrons. The average Bonchev–Trinajstić information content (AvgIpc) is 2.79. The number of ether oxygens (including phenoxy) is 1. The Hall–Kier alpha value is -3.62. The highest BCUT2D eigenvalue weighted by molar-refractivity contribution is 5.78. The number of benzene rings is 1. The average molecular weight is 408 g/mol. The van der Waals surface area contributed by atoms with Gasteiger partial charge in [0.15, 0.2) is 6.61 Å². The molecular formula is C21H21FN6O2. The Bertz CT molecular complexity index is 986. The van der Waals surface area contributed by atoms with E-state index in [9.17, 15) is 9.18 Å². The van der Waals surface area contributed by atoms with Crippen molar-refractivity contribution >= 4 is 17.8 Å². The zero-order valence-electron chi connectivity index (χ0n) is 16.2. The first kappa shape index (κ1) is 19.7. The molecule has 3 aromatic rings. The lowest BCUT2D eigenvalue weighted by molar-refractivity contribution is -0.134. The molecule has 4 rings (SSSR count). The Kier molecular flexibility index (Phi) is 6.07. The zero-order valence-corrected chi connectivity index (χ0v) is 16.2. The van der Waals surface area contributed by atoms with Crippen LogP contribution in [0.5, 0.6) is 5.75 Å². The standard InChI is InChI=1S/C21H21FN6O2/c22-16-4-6-17(7-5-16)30-14-19(29)28-12-1-3-15(13-28)18-8-11-25-21(26-18)27-20-23-9-2-10-24-20/h2,4-11,15H,1,3,12-14H2,(H,23,24,25,26,27). The van der Waals surface area contributed by atoms with Crippen LogP contribution in [-0.4, -0.2) is 50.4 Å². The van der Waals surface area contributed by atoms with Gasteiger partial charge in [-0.25, -0.2) is 24.3 Å². The number of halogens is 1. The number of piperidine rings is 1. The summed E-state index contributed by atoms with van der Waals surface area (Å²) in [5.74, 6) is 0.968. The van der Waals surface area contributed by atoms with Crippen LogP contribution in [0.3, 0.4) is 0 Å². The molecule has 1 atom stereocenters. The number of carbonyl (C=O) groups excluding carboxylic acids is 1. The molecule has 1 aliphatic rings. The van der Waals surface area contributed by atoms with Crippen LogP contribution in [0.15, 0.2) is 55.0 Å². The molecule has 1 saturated heterocycles. The summed E-state index contributed by atoms with van der Waals surface area (Å²) >= 11 is 0. The third kappa shape index (κ3) is 5.05. The first-order valence-electron chi connectivity index (χ1n) is 9.70. The van der Waals surface area contributed by atoms with E-state index < -0.39 is 0 Å². The molecule has 1 N–H and O–H groups in total. The topological polar surface area (TPSA) is 93.1 Å². The summed E-state index contributed by atoms with van der Waals surface area (Å²) in [7, 11) is 0. The lowest BCUT2D eigenvalue weighted by Crippen LogP contribution is -2.41. The van der Waals surface area contributed by atoms with Crippen LogP contribution in [0.1, 0.15) is 24.5 Å². The monoisotopic (exact) mass is 408 g/mol. The summed E-state index contributed by atoms with van der Waals surface area (Å²) in [6, 6.07) is 9.22. The molecule has 2 aromatic heterocycles. The van der Waals surface area contributed by atoms with E-state index in [0.29, 0.717) is 30.7 Å². The maximum absolute atomic E-state index is 13.0. The van der Waals surface area contributed by atoms with Crippen molar-refractivity contribution in [2.24, 2.45) is 0 Å². The second kappa shape index (κ2) is 9.25. The molecule has 0 radical (unpaired) electrons. The maximum atomic E-state index is 13.0. The van der Waals surface area contributed by atoms with Crippen LogP contribution in [-0.2, 0) is 4.79 Å². The number of aromatic nitrogens is 4. The molecular weight excluding hydrogens is 387 g/mol. The van der Waals surface area contributed by atoms with Crippen molar-refractivity contribution in [2.75, 3.05) is 25.0 Å². The summed E-state index contributed by atoms with van der Waals surface area (Å²) in [6.45, 7) is 1.15. The van der Waals surface area contributed by atoms with Crippen LogP contribution in [0, 0.1) is 5.82 Å². The molecule has 0 aliphatic carbocycles. The van der Waals surface area contributed by atoms with Crippen molar-refractivity contribution in [3.63, 3.8) is 0 Å². The van der Waals surface area contributed by atoms with E-state index >= 15 is 0 Å². The Labute approximate surface area is 173 Å². The third-order valence-electron chi connectivity index (χ3n) is 4.83. The minimum Gasteiger partial charge on any atom is -0.484 e. The largest absolute Gasteiger partial charge is 0.484 e. The number of likely N-dealkylation sites (tertiary alicyclic amines) is 1. The van der Waals surface area contributed by atoms with E-state index in [1.165, 1.54) is 24.3 Å². The predicted molar refractivity (Wildman–Crippen MR) is 108 cm³/mol. The molecule has 30 heavy (non-hydrogen) atoms. The van der Waals surface area contributed by atoms with Crippen LogP contribution in [0.25, 0.3) is 0 Å². The first-order valence-corrected chi connectivity index (χ1v) is 9.70. The van der Waals surface area contributed by atoms with Gasteiger partial charge in [0.25, 0.3) is 5.91 Å². The summed E-state index contributed by atoms with van der Waals surface area (Å²) < 4.78 is 18.5. The molecule has 1 aliphatic heterocycles. The second-order valence-corrected chi connectivity index (χ2v) is 6.92. The van der Waals surface area contributed by atoms with E-state index in [1.54, 1.807) is 29.6 Å². The lowest BCUT2D eigenvalue weighted by atomic mass is 9.94. The fourth-order valence-corrected chi connectivity index (χ4v) is 3.34. The minimum atomic E-state index is -0.343. The van der Waals surface area contributed by atoms with Crippen molar-refractivity contribution in [1.29, 1.82) is 0 Å². The van der Waals surface area contributed by atoms with Crippen molar-refractivity contribution in [1.82, 2.24) is 24.8 Å².